The molecule has 0 amide bonds. The van der Waals surface area contributed by atoms with E-state index in [1.807, 2.05) is 13.8 Å². The van der Waals surface area contributed by atoms with Gasteiger partial charge in [0.05, 0.1) is 0 Å². The lowest BCUT2D eigenvalue weighted by Crippen LogP contribution is -1.88. The zero-order valence-corrected chi connectivity index (χ0v) is 7.55. The molecular formula is C9H11F2NO. The predicted molar refractivity (Wildman–Crippen MR) is 47.2 cm³/mol. The number of hydrogen-bond donors (Lipinski definition) is 0. The van der Waals surface area contributed by atoms with E-state index in [2.05, 4.69) is 5.18 Å². The largest absolute Gasteiger partial charge is 0.207 e. The topological polar surface area (TPSA) is 29.4 Å². The number of nitrogens with zero attached hydrogens (tertiary/aromatic N) is 1. The van der Waals surface area contributed by atoms with Crippen LogP contribution >= 0.6 is 0 Å². The van der Waals surface area contributed by atoms with Gasteiger partial charge in [-0.05, 0) is 6.07 Å². The van der Waals surface area contributed by atoms with Crippen molar-refractivity contribution in [2.24, 2.45) is 5.18 Å². The number of nitroso groups, excluding NO2 is 1. The first-order chi connectivity index (χ1) is 6.24. The molecular weight excluding hydrogens is 176 g/mol. The van der Waals surface area contributed by atoms with Crippen molar-refractivity contribution in [1.82, 2.24) is 0 Å². The molecule has 0 aromatic heterocycles. The minimum absolute atomic E-state index is 0.112. The van der Waals surface area contributed by atoms with E-state index in [0.29, 0.717) is 0 Å². The Bertz CT molecular complexity index is 276. The van der Waals surface area contributed by atoms with Crippen LogP contribution in [0.15, 0.2) is 23.4 Å². The summed E-state index contributed by atoms with van der Waals surface area (Å²) in [6, 6.07) is 3.01. The van der Waals surface area contributed by atoms with E-state index < -0.39 is 11.6 Å². The quantitative estimate of drug-likeness (QED) is 0.653. The molecule has 0 aliphatic heterocycles. The summed E-state index contributed by atoms with van der Waals surface area (Å²) < 4.78 is 24.8. The number of halogens is 2. The van der Waals surface area contributed by atoms with Crippen LogP contribution < -0.4 is 0 Å². The zero-order valence-electron chi connectivity index (χ0n) is 7.55. The fourth-order valence-electron chi connectivity index (χ4n) is 0.719. The van der Waals surface area contributed by atoms with E-state index in [1.165, 1.54) is 6.07 Å². The fraction of sp³-hybridized carbons (Fsp3) is 0.333. The average Bonchev–Trinajstić information content (AvgIpc) is 2.14. The van der Waals surface area contributed by atoms with E-state index in [-0.39, 0.29) is 12.1 Å². The summed E-state index contributed by atoms with van der Waals surface area (Å²) in [6.07, 6.45) is 0. The highest BCUT2D eigenvalue weighted by atomic mass is 19.1. The highest BCUT2D eigenvalue weighted by Gasteiger charge is 2.02. The summed E-state index contributed by atoms with van der Waals surface area (Å²) in [5, 5.41) is 2.48. The van der Waals surface area contributed by atoms with E-state index in [9.17, 15) is 13.7 Å². The van der Waals surface area contributed by atoms with Gasteiger partial charge < -0.3 is 0 Å². The zero-order chi connectivity index (χ0) is 10.3. The summed E-state index contributed by atoms with van der Waals surface area (Å²) >= 11 is 0. The summed E-state index contributed by atoms with van der Waals surface area (Å²) in [7, 11) is 0. The molecule has 0 bridgehead atoms. The summed E-state index contributed by atoms with van der Waals surface area (Å²) in [5.41, 5.74) is 0.112. The van der Waals surface area contributed by atoms with Gasteiger partial charge in [-0.3, -0.25) is 0 Å². The smallest absolute Gasteiger partial charge is 0.131 e. The Labute approximate surface area is 75.6 Å². The van der Waals surface area contributed by atoms with Gasteiger partial charge in [-0.1, -0.05) is 25.1 Å². The first kappa shape index (κ1) is 11.7. The Morgan fingerprint density at radius 1 is 1.31 bits per heavy atom. The third kappa shape index (κ3) is 3.73. The van der Waals surface area contributed by atoms with Crippen LogP contribution in [0, 0.1) is 16.5 Å². The van der Waals surface area contributed by atoms with Crippen LogP contribution in [0.1, 0.15) is 19.4 Å². The van der Waals surface area contributed by atoms with Crippen molar-refractivity contribution in [1.29, 1.82) is 0 Å². The predicted octanol–water partition coefficient (Wildman–Crippen LogP) is 3.26. The van der Waals surface area contributed by atoms with Gasteiger partial charge in [0.1, 0.15) is 18.2 Å². The molecule has 72 valence electrons. The number of rotatable bonds is 2. The second-order valence-electron chi connectivity index (χ2n) is 2.02. The molecule has 1 aromatic carbocycles. The maximum atomic E-state index is 12.6. The van der Waals surface area contributed by atoms with Crippen LogP contribution in [0.5, 0.6) is 0 Å². The van der Waals surface area contributed by atoms with E-state index in [0.717, 1.165) is 12.1 Å². The minimum atomic E-state index is -0.732. The van der Waals surface area contributed by atoms with Gasteiger partial charge in [0.15, 0.2) is 0 Å². The number of hydrogen-bond acceptors (Lipinski definition) is 2. The molecule has 0 spiro atoms. The third-order valence-corrected chi connectivity index (χ3v) is 1.25. The van der Waals surface area contributed by atoms with Crippen LogP contribution in [0.25, 0.3) is 0 Å². The summed E-state index contributed by atoms with van der Waals surface area (Å²) in [5.74, 6) is -1.39. The highest BCUT2D eigenvalue weighted by molar-refractivity contribution is 5.18. The van der Waals surface area contributed by atoms with Crippen molar-refractivity contribution in [3.8, 4) is 0 Å². The summed E-state index contributed by atoms with van der Waals surface area (Å²) in [4.78, 5) is 9.70. The molecule has 0 aliphatic rings. The maximum Gasteiger partial charge on any atom is 0.131 e. The third-order valence-electron chi connectivity index (χ3n) is 1.25. The average molecular weight is 187 g/mol. The van der Waals surface area contributed by atoms with Crippen LogP contribution in [0.4, 0.5) is 8.78 Å². The Morgan fingerprint density at radius 2 is 1.92 bits per heavy atom. The SMILES string of the molecule is CC.O=NCc1ccc(F)cc1F. The van der Waals surface area contributed by atoms with Gasteiger partial charge in [0.25, 0.3) is 0 Å². The Balaban J connectivity index is 0.000000671. The van der Waals surface area contributed by atoms with Crippen LogP contribution in [-0.4, -0.2) is 0 Å². The molecule has 0 saturated heterocycles. The molecule has 0 aliphatic carbocycles. The molecule has 4 heteroatoms. The van der Waals surface area contributed by atoms with Crippen LogP contribution in [0.2, 0.25) is 0 Å². The standard InChI is InChI=1S/C7H5F2NO.C2H6/c8-6-2-1-5(4-10-11)7(9)3-6;1-2/h1-3H,4H2;1-2H3. The summed E-state index contributed by atoms with van der Waals surface area (Å²) in [6.45, 7) is 3.74. The van der Waals surface area contributed by atoms with E-state index >= 15 is 0 Å². The first-order valence-corrected chi connectivity index (χ1v) is 3.97. The molecule has 13 heavy (non-hydrogen) atoms. The lowest BCUT2D eigenvalue weighted by atomic mass is 10.2. The van der Waals surface area contributed by atoms with E-state index in [4.69, 9.17) is 0 Å². The molecule has 0 radical (unpaired) electrons. The fourth-order valence-corrected chi connectivity index (χ4v) is 0.719. The van der Waals surface area contributed by atoms with E-state index in [1.54, 1.807) is 0 Å². The molecule has 0 unspecified atom stereocenters. The van der Waals surface area contributed by atoms with Crippen molar-refractivity contribution >= 4 is 0 Å². The van der Waals surface area contributed by atoms with Gasteiger partial charge in [-0.25, -0.2) is 8.78 Å². The first-order valence-electron chi connectivity index (χ1n) is 3.97. The lowest BCUT2D eigenvalue weighted by Gasteiger charge is -1.95. The van der Waals surface area contributed by atoms with Gasteiger partial charge in [-0.2, -0.15) is 4.91 Å². The van der Waals surface area contributed by atoms with Crippen molar-refractivity contribution in [3.05, 3.63) is 40.3 Å². The lowest BCUT2D eigenvalue weighted by molar-refractivity contribution is 0.572. The monoisotopic (exact) mass is 187 g/mol. The molecule has 0 atom stereocenters. The van der Waals surface area contributed by atoms with Crippen molar-refractivity contribution in [2.45, 2.75) is 20.4 Å². The van der Waals surface area contributed by atoms with Gasteiger partial charge in [-0.15, -0.1) is 0 Å². The molecule has 0 heterocycles. The highest BCUT2D eigenvalue weighted by Crippen LogP contribution is 2.09. The molecule has 0 N–H and O–H groups in total. The second kappa shape index (κ2) is 6.22. The van der Waals surface area contributed by atoms with Crippen LogP contribution in [-0.2, 0) is 6.54 Å². The van der Waals surface area contributed by atoms with Gasteiger partial charge >= 0.3 is 0 Å². The molecule has 0 saturated carbocycles. The molecule has 2 nitrogen and oxygen atoms in total. The second-order valence-corrected chi connectivity index (χ2v) is 2.02. The normalized spacial score (nSPS) is 8.62. The molecule has 1 rings (SSSR count). The van der Waals surface area contributed by atoms with Crippen LogP contribution in [0.3, 0.4) is 0 Å². The van der Waals surface area contributed by atoms with Gasteiger partial charge in [0, 0.05) is 11.6 Å². The Morgan fingerprint density at radius 3 is 2.38 bits per heavy atom. The van der Waals surface area contributed by atoms with Crippen molar-refractivity contribution in [3.63, 3.8) is 0 Å². The number of benzene rings is 1. The van der Waals surface area contributed by atoms with Crippen molar-refractivity contribution < 1.29 is 8.78 Å². The van der Waals surface area contributed by atoms with Crippen molar-refractivity contribution in [2.75, 3.05) is 0 Å². The minimum Gasteiger partial charge on any atom is -0.207 e. The Hall–Kier alpha value is -1.32. The molecule has 1 aromatic rings. The van der Waals surface area contributed by atoms with Gasteiger partial charge in [0.2, 0.25) is 0 Å². The Kier molecular flexibility index (Phi) is 5.59. The molecule has 0 fully saturated rings. The maximum absolute atomic E-state index is 12.6.